The van der Waals surface area contributed by atoms with Crippen molar-refractivity contribution in [3.63, 3.8) is 0 Å². The Morgan fingerprint density at radius 2 is 1.94 bits per heavy atom. The molecule has 1 aromatic rings. The molecule has 2 aliphatic carbocycles. The number of ketones is 1. The number of aromatic nitrogens is 1. The predicted molar refractivity (Wildman–Crippen MR) is 62.5 cm³/mol. The molecule has 0 aliphatic heterocycles. The maximum Gasteiger partial charge on any atom is 0.187 e. The Bertz CT molecular complexity index is 444. The number of fused-ring (bicyclic) bond motifs is 1. The lowest BCUT2D eigenvalue weighted by Gasteiger charge is -2.31. The SMILES string of the molecule is Cc1ccc2c(n1)C(=O)C1(CCCCC1)C2. The summed E-state index contributed by atoms with van der Waals surface area (Å²) in [5.74, 6) is 0.325. The Kier molecular flexibility index (Phi) is 2.13. The predicted octanol–water partition coefficient (Wildman–Crippen LogP) is 3.08. The summed E-state index contributed by atoms with van der Waals surface area (Å²) < 4.78 is 0. The third-order valence-corrected chi connectivity index (χ3v) is 4.15. The first-order chi connectivity index (χ1) is 7.71. The van der Waals surface area contributed by atoms with Gasteiger partial charge in [0, 0.05) is 11.1 Å². The highest BCUT2D eigenvalue weighted by molar-refractivity contribution is 6.03. The fraction of sp³-hybridized carbons (Fsp3) is 0.571. The van der Waals surface area contributed by atoms with Crippen LogP contribution in [-0.2, 0) is 6.42 Å². The summed E-state index contributed by atoms with van der Waals surface area (Å²) >= 11 is 0. The van der Waals surface area contributed by atoms with Gasteiger partial charge < -0.3 is 0 Å². The summed E-state index contributed by atoms with van der Waals surface area (Å²) in [6, 6.07) is 4.12. The minimum atomic E-state index is -0.0681. The topological polar surface area (TPSA) is 30.0 Å². The van der Waals surface area contributed by atoms with Crippen molar-refractivity contribution < 1.29 is 4.79 Å². The van der Waals surface area contributed by atoms with Crippen LogP contribution in [0.15, 0.2) is 12.1 Å². The first kappa shape index (κ1) is 10.0. The Morgan fingerprint density at radius 3 is 2.69 bits per heavy atom. The largest absolute Gasteiger partial charge is 0.292 e. The number of Topliss-reactive ketones (excluding diaryl/α,β-unsaturated/α-hetero) is 1. The molecule has 2 heteroatoms. The molecule has 0 bridgehead atoms. The standard InChI is InChI=1S/C14H17NO/c1-10-5-6-11-9-14(7-3-2-4-8-14)13(16)12(11)15-10/h5-6H,2-4,7-9H2,1H3. The van der Waals surface area contributed by atoms with Crippen molar-refractivity contribution in [1.29, 1.82) is 0 Å². The van der Waals surface area contributed by atoms with Crippen LogP contribution in [-0.4, -0.2) is 10.8 Å². The zero-order valence-corrected chi connectivity index (χ0v) is 9.75. The van der Waals surface area contributed by atoms with Gasteiger partial charge in [0.2, 0.25) is 0 Å². The molecule has 2 aliphatic rings. The van der Waals surface area contributed by atoms with E-state index in [0.717, 1.165) is 30.7 Å². The monoisotopic (exact) mass is 215 g/mol. The van der Waals surface area contributed by atoms with Gasteiger partial charge in [0.1, 0.15) is 5.69 Å². The van der Waals surface area contributed by atoms with Gasteiger partial charge in [0.15, 0.2) is 5.78 Å². The summed E-state index contributed by atoms with van der Waals surface area (Å²) in [5, 5.41) is 0. The van der Waals surface area contributed by atoms with E-state index in [9.17, 15) is 4.79 Å². The van der Waals surface area contributed by atoms with Crippen LogP contribution < -0.4 is 0 Å². The van der Waals surface area contributed by atoms with Gasteiger partial charge in [0.05, 0.1) is 0 Å². The van der Waals surface area contributed by atoms with Crippen molar-refractivity contribution in [3.8, 4) is 0 Å². The third kappa shape index (κ3) is 1.32. The van der Waals surface area contributed by atoms with Gasteiger partial charge in [0.25, 0.3) is 0 Å². The van der Waals surface area contributed by atoms with Crippen molar-refractivity contribution in [2.24, 2.45) is 5.41 Å². The van der Waals surface area contributed by atoms with E-state index in [1.807, 2.05) is 13.0 Å². The Hall–Kier alpha value is -1.18. The third-order valence-electron chi connectivity index (χ3n) is 4.15. The number of nitrogens with zero attached hydrogens (tertiary/aromatic N) is 1. The minimum absolute atomic E-state index is 0.0681. The molecule has 0 N–H and O–H groups in total. The Balaban J connectivity index is 2.02. The van der Waals surface area contributed by atoms with Crippen molar-refractivity contribution in [2.75, 3.05) is 0 Å². The van der Waals surface area contributed by atoms with Gasteiger partial charge in [-0.15, -0.1) is 0 Å². The fourth-order valence-electron chi connectivity index (χ4n) is 3.25. The van der Waals surface area contributed by atoms with Crippen LogP contribution >= 0.6 is 0 Å². The molecular weight excluding hydrogens is 198 g/mol. The Morgan fingerprint density at radius 1 is 1.19 bits per heavy atom. The van der Waals surface area contributed by atoms with Crippen molar-refractivity contribution in [1.82, 2.24) is 4.98 Å². The molecule has 1 fully saturated rings. The number of hydrogen-bond acceptors (Lipinski definition) is 2. The summed E-state index contributed by atoms with van der Waals surface area (Å²) in [6.07, 6.45) is 6.78. The van der Waals surface area contributed by atoms with Crippen molar-refractivity contribution in [2.45, 2.75) is 45.4 Å². The van der Waals surface area contributed by atoms with E-state index >= 15 is 0 Å². The maximum absolute atomic E-state index is 12.5. The molecule has 1 spiro atoms. The van der Waals surface area contributed by atoms with E-state index in [4.69, 9.17) is 0 Å². The van der Waals surface area contributed by atoms with E-state index in [1.165, 1.54) is 24.8 Å². The lowest BCUT2D eigenvalue weighted by molar-refractivity contribution is 0.0744. The van der Waals surface area contributed by atoms with Crippen LogP contribution in [0.5, 0.6) is 0 Å². The lowest BCUT2D eigenvalue weighted by Crippen LogP contribution is -2.30. The molecule has 1 aromatic heterocycles. The van der Waals surface area contributed by atoms with Gasteiger partial charge in [-0.3, -0.25) is 4.79 Å². The zero-order valence-electron chi connectivity index (χ0n) is 9.75. The van der Waals surface area contributed by atoms with Gasteiger partial charge >= 0.3 is 0 Å². The van der Waals surface area contributed by atoms with Gasteiger partial charge in [-0.2, -0.15) is 0 Å². The second-order valence-electron chi connectivity index (χ2n) is 5.31. The van der Waals surface area contributed by atoms with Crippen LogP contribution in [0.2, 0.25) is 0 Å². The molecule has 84 valence electrons. The van der Waals surface area contributed by atoms with E-state index in [0.29, 0.717) is 5.78 Å². The number of carbonyl (C=O) groups excluding carboxylic acids is 1. The minimum Gasteiger partial charge on any atom is -0.292 e. The number of aryl methyl sites for hydroxylation is 1. The van der Waals surface area contributed by atoms with Crippen LogP contribution in [0, 0.1) is 12.3 Å². The van der Waals surface area contributed by atoms with Crippen LogP contribution in [0.3, 0.4) is 0 Å². The van der Waals surface area contributed by atoms with Crippen LogP contribution in [0.25, 0.3) is 0 Å². The molecule has 3 rings (SSSR count). The quantitative estimate of drug-likeness (QED) is 0.665. The Labute approximate surface area is 96.1 Å². The first-order valence-corrected chi connectivity index (χ1v) is 6.23. The molecule has 0 saturated heterocycles. The van der Waals surface area contributed by atoms with Crippen LogP contribution in [0.4, 0.5) is 0 Å². The fourth-order valence-corrected chi connectivity index (χ4v) is 3.25. The first-order valence-electron chi connectivity index (χ1n) is 6.23. The molecule has 0 aromatic carbocycles. The average Bonchev–Trinajstić information content (AvgIpc) is 2.55. The highest BCUT2D eigenvalue weighted by Gasteiger charge is 2.46. The second-order valence-corrected chi connectivity index (χ2v) is 5.31. The van der Waals surface area contributed by atoms with E-state index in [2.05, 4.69) is 11.1 Å². The van der Waals surface area contributed by atoms with Gasteiger partial charge in [-0.1, -0.05) is 25.3 Å². The maximum atomic E-state index is 12.5. The highest BCUT2D eigenvalue weighted by Crippen LogP contribution is 2.46. The summed E-state index contributed by atoms with van der Waals surface area (Å²) in [7, 11) is 0. The molecule has 1 heterocycles. The zero-order chi connectivity index (χ0) is 11.2. The van der Waals surface area contributed by atoms with Crippen molar-refractivity contribution in [3.05, 3.63) is 29.1 Å². The molecule has 2 nitrogen and oxygen atoms in total. The molecule has 0 amide bonds. The number of rotatable bonds is 0. The van der Waals surface area contributed by atoms with E-state index in [1.54, 1.807) is 0 Å². The smallest absolute Gasteiger partial charge is 0.187 e. The number of hydrogen-bond donors (Lipinski definition) is 0. The average molecular weight is 215 g/mol. The van der Waals surface area contributed by atoms with E-state index < -0.39 is 0 Å². The molecule has 0 unspecified atom stereocenters. The molecule has 1 saturated carbocycles. The highest BCUT2D eigenvalue weighted by atomic mass is 16.1. The van der Waals surface area contributed by atoms with Crippen molar-refractivity contribution >= 4 is 5.78 Å². The second kappa shape index (κ2) is 3.41. The molecule has 0 radical (unpaired) electrons. The van der Waals surface area contributed by atoms with Gasteiger partial charge in [-0.05, 0) is 37.8 Å². The molecule has 0 atom stereocenters. The van der Waals surface area contributed by atoms with Gasteiger partial charge in [-0.25, -0.2) is 4.98 Å². The summed E-state index contributed by atoms with van der Waals surface area (Å²) in [4.78, 5) is 16.9. The summed E-state index contributed by atoms with van der Waals surface area (Å²) in [6.45, 7) is 1.96. The number of pyridine rings is 1. The number of carbonyl (C=O) groups is 1. The lowest BCUT2D eigenvalue weighted by atomic mass is 9.71. The molecular formula is C14H17NO. The molecule has 16 heavy (non-hydrogen) atoms. The summed E-state index contributed by atoms with van der Waals surface area (Å²) in [5.41, 5.74) is 2.83. The van der Waals surface area contributed by atoms with E-state index in [-0.39, 0.29) is 5.41 Å². The van der Waals surface area contributed by atoms with Crippen LogP contribution in [0.1, 0.15) is 53.8 Å². The normalized spacial score (nSPS) is 22.4.